The zero-order valence-corrected chi connectivity index (χ0v) is 22.3. The number of carbonyl (C=O) groups is 1. The Bertz CT molecular complexity index is 1610. The van der Waals surface area contributed by atoms with Gasteiger partial charge in [-0.2, -0.15) is 5.26 Å². The van der Waals surface area contributed by atoms with Crippen molar-refractivity contribution in [1.29, 1.82) is 5.26 Å². The second kappa shape index (κ2) is 9.84. The fraction of sp³-hybridized carbons (Fsp3) is 0.448. The third kappa shape index (κ3) is 4.35. The van der Waals surface area contributed by atoms with Crippen LogP contribution in [-0.2, 0) is 11.8 Å². The molecular formula is C29H29F3N6O2. The average Bonchev–Trinajstić information content (AvgIpc) is 3.77. The largest absolute Gasteiger partial charge is 0.491 e. The van der Waals surface area contributed by atoms with E-state index < -0.39 is 29.3 Å². The number of piperazine rings is 1. The normalized spacial score (nSPS) is 20.8. The molecule has 40 heavy (non-hydrogen) atoms. The summed E-state index contributed by atoms with van der Waals surface area (Å²) in [5, 5.41) is 10.2. The van der Waals surface area contributed by atoms with E-state index in [1.807, 2.05) is 28.6 Å². The predicted octanol–water partition coefficient (Wildman–Crippen LogP) is 4.42. The molecule has 3 heterocycles. The maximum absolute atomic E-state index is 14.9. The molecule has 1 aliphatic carbocycles. The molecule has 2 fully saturated rings. The molecule has 1 saturated heterocycles. The van der Waals surface area contributed by atoms with E-state index in [9.17, 15) is 23.2 Å². The number of hydrogen-bond acceptors (Lipinski definition) is 6. The van der Waals surface area contributed by atoms with Gasteiger partial charge in [0.2, 0.25) is 5.91 Å². The van der Waals surface area contributed by atoms with E-state index in [2.05, 4.69) is 20.9 Å². The number of carbonyl (C=O) groups excluding carboxylic acids is 1. The lowest BCUT2D eigenvalue weighted by Gasteiger charge is -2.42. The van der Waals surface area contributed by atoms with Gasteiger partial charge in [-0.05, 0) is 25.8 Å². The van der Waals surface area contributed by atoms with Gasteiger partial charge in [-0.15, -0.1) is 0 Å². The molecule has 3 aliphatic rings. The van der Waals surface area contributed by atoms with E-state index >= 15 is 0 Å². The zero-order valence-electron chi connectivity index (χ0n) is 22.3. The van der Waals surface area contributed by atoms with Crippen molar-refractivity contribution in [3.8, 4) is 11.8 Å². The lowest BCUT2D eigenvalue weighted by atomic mass is 10.0. The van der Waals surface area contributed by atoms with Gasteiger partial charge >= 0.3 is 0 Å². The van der Waals surface area contributed by atoms with Crippen molar-refractivity contribution in [2.24, 2.45) is 17.5 Å². The number of aryl methyl sites for hydroxylation is 1. The van der Waals surface area contributed by atoms with Crippen molar-refractivity contribution in [1.82, 2.24) is 14.5 Å². The van der Waals surface area contributed by atoms with Crippen LogP contribution in [0.3, 0.4) is 0 Å². The van der Waals surface area contributed by atoms with E-state index in [-0.39, 0.29) is 17.5 Å². The molecule has 0 radical (unpaired) electrons. The van der Waals surface area contributed by atoms with E-state index in [0.29, 0.717) is 62.1 Å². The number of amides is 1. The molecule has 2 aromatic carbocycles. The van der Waals surface area contributed by atoms with Crippen molar-refractivity contribution < 1.29 is 22.7 Å². The van der Waals surface area contributed by atoms with E-state index in [0.717, 1.165) is 17.3 Å². The minimum absolute atomic E-state index is 0.0156. The van der Waals surface area contributed by atoms with Gasteiger partial charge in [-0.3, -0.25) is 9.79 Å². The highest BCUT2D eigenvalue weighted by Crippen LogP contribution is 2.47. The lowest BCUT2D eigenvalue weighted by molar-refractivity contribution is -0.135. The second-order valence-electron chi connectivity index (χ2n) is 10.8. The molecule has 0 unspecified atom stereocenters. The van der Waals surface area contributed by atoms with Crippen LogP contribution in [0.25, 0.3) is 10.9 Å². The van der Waals surface area contributed by atoms with Gasteiger partial charge in [-0.25, -0.2) is 18.2 Å². The first-order valence-corrected chi connectivity index (χ1v) is 13.4. The highest BCUT2D eigenvalue weighted by Gasteiger charge is 2.53. The highest BCUT2D eigenvalue weighted by atomic mass is 19.3. The fourth-order valence-electron chi connectivity index (χ4n) is 5.77. The summed E-state index contributed by atoms with van der Waals surface area (Å²) in [6, 6.07) is 9.32. The zero-order chi connectivity index (χ0) is 28.2. The Hall–Kier alpha value is -4.07. The number of halogens is 3. The first-order valence-electron chi connectivity index (χ1n) is 13.4. The summed E-state index contributed by atoms with van der Waals surface area (Å²) in [6.07, 6.45) is 0.647. The van der Waals surface area contributed by atoms with E-state index in [1.54, 1.807) is 13.3 Å². The quantitative estimate of drug-likeness (QED) is 0.480. The van der Waals surface area contributed by atoms with Gasteiger partial charge in [0.05, 0.1) is 47.9 Å². The molecule has 0 N–H and O–H groups in total. The van der Waals surface area contributed by atoms with Crippen LogP contribution in [0.15, 0.2) is 41.7 Å². The molecule has 1 saturated carbocycles. The summed E-state index contributed by atoms with van der Waals surface area (Å²) in [5.74, 6) is -0.323. The Morgan fingerprint density at radius 1 is 1.25 bits per heavy atom. The summed E-state index contributed by atoms with van der Waals surface area (Å²) in [7, 11) is 1.85. The molecule has 11 heteroatoms. The Morgan fingerprint density at radius 3 is 2.75 bits per heavy atom. The summed E-state index contributed by atoms with van der Waals surface area (Å²) in [6.45, 7) is 3.73. The van der Waals surface area contributed by atoms with Crippen LogP contribution < -0.4 is 15.1 Å². The lowest BCUT2D eigenvalue weighted by Crippen LogP contribution is -2.56. The van der Waals surface area contributed by atoms with Gasteiger partial charge < -0.3 is 19.1 Å². The van der Waals surface area contributed by atoms with Crippen molar-refractivity contribution in [2.75, 3.05) is 31.1 Å². The molecular weight excluding hydrogens is 521 g/mol. The van der Waals surface area contributed by atoms with Crippen LogP contribution in [0.5, 0.6) is 5.75 Å². The number of aromatic nitrogens is 2. The molecule has 8 nitrogen and oxygen atoms in total. The van der Waals surface area contributed by atoms with Gasteiger partial charge in [0.15, 0.2) is 5.49 Å². The molecule has 6 rings (SSSR count). The maximum Gasteiger partial charge on any atom is 0.266 e. The van der Waals surface area contributed by atoms with Crippen LogP contribution in [0.1, 0.15) is 49.8 Å². The smallest absolute Gasteiger partial charge is 0.266 e. The van der Waals surface area contributed by atoms with Crippen molar-refractivity contribution >= 4 is 22.5 Å². The van der Waals surface area contributed by atoms with Crippen LogP contribution in [0.2, 0.25) is 0 Å². The number of alkyl halides is 2. The Morgan fingerprint density at radius 2 is 2.02 bits per heavy atom. The van der Waals surface area contributed by atoms with Crippen molar-refractivity contribution in [2.45, 2.75) is 44.7 Å². The Labute approximate surface area is 229 Å². The number of hydrogen-bond donors (Lipinski definition) is 0. The molecule has 2 aliphatic heterocycles. The predicted molar refractivity (Wildman–Crippen MR) is 141 cm³/mol. The Balaban J connectivity index is 1.38. The van der Waals surface area contributed by atoms with E-state index in [4.69, 9.17) is 4.74 Å². The number of benzene rings is 2. The number of anilines is 1. The van der Waals surface area contributed by atoms with Crippen LogP contribution in [0, 0.1) is 22.6 Å². The van der Waals surface area contributed by atoms with Crippen molar-refractivity contribution in [3.05, 3.63) is 59.1 Å². The molecule has 1 aromatic heterocycles. The standard InChI is InChI=1S/C29H29F3N6O2/c1-17(19-4-3-5-20(25(19)30)26(31)32)35-27-21-12-23-24(13-22(21)36(2)16-34-27)40-11-6-18-14-37(9-10-38(18)23)28(39)29(15-33)7-8-29/h3-5,12-13,16-18,26H,6-11,14H2,1-2H3/b35-27-/t17-,18+/m1/s1. The van der Waals surface area contributed by atoms with Gasteiger partial charge in [-0.1, -0.05) is 18.2 Å². The monoisotopic (exact) mass is 550 g/mol. The van der Waals surface area contributed by atoms with Crippen LogP contribution >= 0.6 is 0 Å². The van der Waals surface area contributed by atoms with Crippen LogP contribution in [0.4, 0.5) is 18.9 Å². The number of fused-ring (bicyclic) bond motifs is 4. The molecule has 0 spiro atoms. The van der Waals surface area contributed by atoms with Gasteiger partial charge in [0.1, 0.15) is 17.0 Å². The summed E-state index contributed by atoms with van der Waals surface area (Å²) in [4.78, 5) is 26.3. The number of ether oxygens (including phenoxy) is 1. The molecule has 208 valence electrons. The van der Waals surface area contributed by atoms with Gasteiger partial charge in [0, 0.05) is 50.1 Å². The topological polar surface area (TPSA) is 86.8 Å². The van der Waals surface area contributed by atoms with Crippen molar-refractivity contribution in [3.63, 3.8) is 0 Å². The van der Waals surface area contributed by atoms with Crippen LogP contribution in [-0.4, -0.2) is 52.6 Å². The first kappa shape index (κ1) is 26.2. The molecule has 1 amide bonds. The first-order chi connectivity index (χ1) is 19.2. The molecule has 0 bridgehead atoms. The maximum atomic E-state index is 14.9. The summed E-state index contributed by atoms with van der Waals surface area (Å²) < 4.78 is 49.4. The summed E-state index contributed by atoms with van der Waals surface area (Å²) >= 11 is 0. The average molecular weight is 551 g/mol. The Kier molecular flexibility index (Phi) is 6.44. The number of rotatable bonds is 4. The highest BCUT2D eigenvalue weighted by molar-refractivity contribution is 5.89. The molecule has 2 atom stereocenters. The summed E-state index contributed by atoms with van der Waals surface area (Å²) in [5.41, 5.74) is 0.602. The third-order valence-electron chi connectivity index (χ3n) is 8.27. The third-order valence-corrected chi connectivity index (χ3v) is 8.27. The number of nitrogens with zero attached hydrogens (tertiary/aromatic N) is 6. The number of nitriles is 1. The minimum atomic E-state index is -2.92. The second-order valence-corrected chi connectivity index (χ2v) is 10.8. The minimum Gasteiger partial charge on any atom is -0.491 e. The van der Waals surface area contributed by atoms with Gasteiger partial charge in [0.25, 0.3) is 6.43 Å². The fourth-order valence-corrected chi connectivity index (χ4v) is 5.77. The molecule has 3 aromatic rings. The SMILES string of the molecule is C[C@@H](/N=c1\ncn(C)c2cc3c(cc12)N1CCN(C(=O)C2(C#N)CC2)C[C@@H]1CCO3)c1cccc(C(F)F)c1F. The van der Waals surface area contributed by atoms with E-state index in [1.165, 1.54) is 12.1 Å².